The number of nitrogens with zero attached hydrogens (tertiary/aromatic N) is 3. The van der Waals surface area contributed by atoms with Gasteiger partial charge in [-0.15, -0.1) is 35.3 Å². The maximum absolute atomic E-state index is 12.4. The molecule has 1 aromatic heterocycles. The van der Waals surface area contributed by atoms with Crippen LogP contribution < -0.4 is 10.6 Å². The van der Waals surface area contributed by atoms with E-state index in [0.717, 1.165) is 43.6 Å². The molecule has 0 bridgehead atoms. The fraction of sp³-hybridized carbons (Fsp3) is 0.450. The Morgan fingerprint density at radius 3 is 2.57 bits per heavy atom. The highest BCUT2D eigenvalue weighted by molar-refractivity contribution is 14.0. The zero-order valence-electron chi connectivity index (χ0n) is 16.4. The monoisotopic (exact) mass is 513 g/mol. The van der Waals surface area contributed by atoms with Crippen molar-refractivity contribution in [3.63, 3.8) is 0 Å². The number of fused-ring (bicyclic) bond motifs is 1. The average molecular weight is 513 g/mol. The maximum Gasteiger partial charge on any atom is 0.223 e. The Morgan fingerprint density at radius 2 is 1.96 bits per heavy atom. The number of carbonyl (C=O) groups excluding carboxylic acids is 1. The van der Waals surface area contributed by atoms with Crippen LogP contribution in [0, 0.1) is 6.92 Å². The van der Waals surface area contributed by atoms with E-state index in [1.54, 1.807) is 11.3 Å². The minimum atomic E-state index is 0. The lowest BCUT2D eigenvalue weighted by Gasteiger charge is -2.16. The van der Waals surface area contributed by atoms with Gasteiger partial charge in [-0.25, -0.2) is 9.98 Å². The fourth-order valence-electron chi connectivity index (χ4n) is 3.08. The third-order valence-corrected chi connectivity index (χ3v) is 5.34. The molecule has 0 radical (unpaired) electrons. The second kappa shape index (κ2) is 11.4. The van der Waals surface area contributed by atoms with Gasteiger partial charge >= 0.3 is 0 Å². The molecule has 2 heterocycles. The summed E-state index contributed by atoms with van der Waals surface area (Å²) >= 11 is 1.67. The van der Waals surface area contributed by atoms with Crippen molar-refractivity contribution in [2.24, 2.45) is 4.99 Å². The molecule has 2 aromatic rings. The van der Waals surface area contributed by atoms with Crippen molar-refractivity contribution < 1.29 is 4.79 Å². The lowest BCUT2D eigenvalue weighted by atomic mass is 10.1. The summed E-state index contributed by atoms with van der Waals surface area (Å²) in [6, 6.07) is 8.28. The van der Waals surface area contributed by atoms with Crippen molar-refractivity contribution in [1.82, 2.24) is 20.5 Å². The first-order valence-corrected chi connectivity index (χ1v) is 10.3. The predicted molar refractivity (Wildman–Crippen MR) is 125 cm³/mol. The number of hydrogen-bond donors (Lipinski definition) is 2. The van der Waals surface area contributed by atoms with E-state index in [1.165, 1.54) is 16.0 Å². The Morgan fingerprint density at radius 1 is 1.25 bits per heavy atom. The molecule has 1 aliphatic heterocycles. The van der Waals surface area contributed by atoms with E-state index in [9.17, 15) is 4.79 Å². The van der Waals surface area contributed by atoms with Crippen molar-refractivity contribution in [3.8, 4) is 0 Å². The lowest BCUT2D eigenvalue weighted by molar-refractivity contribution is -0.131. The van der Waals surface area contributed by atoms with Gasteiger partial charge in [-0.05, 0) is 31.4 Å². The van der Waals surface area contributed by atoms with Gasteiger partial charge in [-0.2, -0.15) is 0 Å². The van der Waals surface area contributed by atoms with E-state index in [1.807, 2.05) is 37.1 Å². The van der Waals surface area contributed by atoms with Crippen LogP contribution in [0.2, 0.25) is 0 Å². The van der Waals surface area contributed by atoms with Gasteiger partial charge in [0.25, 0.3) is 0 Å². The first kappa shape index (κ1) is 22.6. The van der Waals surface area contributed by atoms with Crippen LogP contribution in [-0.2, 0) is 24.4 Å². The summed E-state index contributed by atoms with van der Waals surface area (Å²) < 4.78 is 0. The van der Waals surface area contributed by atoms with E-state index in [4.69, 9.17) is 0 Å². The molecule has 8 heteroatoms. The topological polar surface area (TPSA) is 69.6 Å². The maximum atomic E-state index is 12.4. The Labute approximate surface area is 187 Å². The number of aliphatic imine (C=N–C) groups is 1. The standard InChI is InChI=1S/C20H27N5OS.HI/c1-3-21-20(24-12-18-23-11-15(2)27-18)22-10-6-9-19(26)25-13-16-7-4-5-8-17(16)14-25;/h4-5,7-8,11H,3,6,9-10,12-14H2,1-2H3,(H2,21,22,24);1H. The van der Waals surface area contributed by atoms with Crippen molar-refractivity contribution in [1.29, 1.82) is 0 Å². The molecule has 1 aromatic carbocycles. The first-order chi connectivity index (χ1) is 13.2. The quantitative estimate of drug-likeness (QED) is 0.258. The number of nitrogens with one attached hydrogen (secondary N) is 2. The van der Waals surface area contributed by atoms with Gasteiger partial charge in [-0.3, -0.25) is 4.79 Å². The highest BCUT2D eigenvalue weighted by Gasteiger charge is 2.22. The molecule has 0 fully saturated rings. The zero-order valence-corrected chi connectivity index (χ0v) is 19.5. The molecular formula is C20H28IN5OS. The van der Waals surface area contributed by atoms with E-state index in [2.05, 4.69) is 32.7 Å². The zero-order chi connectivity index (χ0) is 19.1. The van der Waals surface area contributed by atoms with Crippen LogP contribution >= 0.6 is 35.3 Å². The Hall–Kier alpha value is -1.68. The molecule has 0 unspecified atom stereocenters. The molecule has 6 nitrogen and oxygen atoms in total. The summed E-state index contributed by atoms with van der Waals surface area (Å²) in [5, 5.41) is 7.55. The van der Waals surface area contributed by atoms with Crippen LogP contribution in [0.15, 0.2) is 35.5 Å². The highest BCUT2D eigenvalue weighted by atomic mass is 127. The van der Waals surface area contributed by atoms with E-state index < -0.39 is 0 Å². The number of benzene rings is 1. The Balaban J connectivity index is 0.00000280. The van der Waals surface area contributed by atoms with Crippen molar-refractivity contribution in [2.45, 2.75) is 46.3 Å². The molecule has 0 saturated heterocycles. The van der Waals surface area contributed by atoms with Gasteiger partial charge in [0.1, 0.15) is 5.01 Å². The molecule has 0 atom stereocenters. The minimum absolute atomic E-state index is 0. The fourth-order valence-corrected chi connectivity index (χ4v) is 3.79. The lowest BCUT2D eigenvalue weighted by Crippen LogP contribution is -2.38. The Bertz CT molecular complexity index is 782. The molecule has 0 saturated carbocycles. The van der Waals surface area contributed by atoms with Crippen molar-refractivity contribution in [3.05, 3.63) is 51.5 Å². The number of halogens is 1. The average Bonchev–Trinajstić information content (AvgIpc) is 3.28. The summed E-state index contributed by atoms with van der Waals surface area (Å²) in [5.41, 5.74) is 2.53. The number of aromatic nitrogens is 1. The van der Waals surface area contributed by atoms with Crippen molar-refractivity contribution >= 4 is 47.2 Å². The normalized spacial score (nSPS) is 13.1. The van der Waals surface area contributed by atoms with E-state index in [-0.39, 0.29) is 29.9 Å². The number of rotatable bonds is 7. The van der Waals surface area contributed by atoms with Crippen LogP contribution in [0.3, 0.4) is 0 Å². The van der Waals surface area contributed by atoms with E-state index >= 15 is 0 Å². The summed E-state index contributed by atoms with van der Waals surface area (Å²) in [6.07, 6.45) is 3.21. The first-order valence-electron chi connectivity index (χ1n) is 9.43. The SMILES string of the molecule is CCNC(=NCc1ncc(C)s1)NCCCC(=O)N1Cc2ccccc2C1.I. The summed E-state index contributed by atoms with van der Waals surface area (Å²) in [5.74, 6) is 0.986. The second-order valence-corrected chi connectivity index (χ2v) is 7.93. The van der Waals surface area contributed by atoms with Crippen LogP contribution in [0.25, 0.3) is 0 Å². The number of carbonyl (C=O) groups is 1. The van der Waals surface area contributed by atoms with Crippen LogP contribution in [0.1, 0.15) is 40.8 Å². The summed E-state index contributed by atoms with van der Waals surface area (Å²) in [7, 11) is 0. The predicted octanol–water partition coefficient (Wildman–Crippen LogP) is 3.45. The minimum Gasteiger partial charge on any atom is -0.357 e. The van der Waals surface area contributed by atoms with Gasteiger partial charge < -0.3 is 15.5 Å². The van der Waals surface area contributed by atoms with E-state index in [0.29, 0.717) is 13.0 Å². The number of aryl methyl sites for hydroxylation is 1. The van der Waals surface area contributed by atoms with Crippen LogP contribution in [0.4, 0.5) is 0 Å². The molecule has 3 rings (SSSR count). The van der Waals surface area contributed by atoms with Gasteiger partial charge in [0.05, 0.1) is 6.54 Å². The molecule has 1 amide bonds. The molecule has 1 aliphatic rings. The molecule has 0 aliphatic carbocycles. The van der Waals surface area contributed by atoms with Crippen LogP contribution in [-0.4, -0.2) is 34.8 Å². The van der Waals surface area contributed by atoms with Gasteiger partial charge in [0.2, 0.25) is 5.91 Å². The third-order valence-electron chi connectivity index (χ3n) is 4.44. The molecular weight excluding hydrogens is 485 g/mol. The second-order valence-electron chi connectivity index (χ2n) is 6.61. The molecule has 152 valence electrons. The van der Waals surface area contributed by atoms with Gasteiger partial charge in [0.15, 0.2) is 5.96 Å². The third kappa shape index (κ3) is 6.44. The van der Waals surface area contributed by atoms with Gasteiger partial charge in [-0.1, -0.05) is 24.3 Å². The summed E-state index contributed by atoms with van der Waals surface area (Å²) in [6.45, 7) is 7.64. The molecule has 0 spiro atoms. The van der Waals surface area contributed by atoms with Gasteiger partial charge in [0, 0.05) is 43.7 Å². The van der Waals surface area contributed by atoms with Crippen molar-refractivity contribution in [2.75, 3.05) is 13.1 Å². The highest BCUT2D eigenvalue weighted by Crippen LogP contribution is 2.22. The molecule has 28 heavy (non-hydrogen) atoms. The number of hydrogen-bond acceptors (Lipinski definition) is 4. The Kier molecular flexibility index (Phi) is 9.17. The summed E-state index contributed by atoms with van der Waals surface area (Å²) in [4.78, 5) is 24.5. The smallest absolute Gasteiger partial charge is 0.223 e. The molecule has 2 N–H and O–H groups in total. The van der Waals surface area contributed by atoms with Crippen LogP contribution in [0.5, 0.6) is 0 Å². The number of guanidine groups is 1. The number of amides is 1. The largest absolute Gasteiger partial charge is 0.357 e. The number of thiazole rings is 1.